The fourth-order valence-electron chi connectivity index (χ4n) is 2.74. The van der Waals surface area contributed by atoms with Crippen LogP contribution in [0.25, 0.3) is 28.2 Å². The van der Waals surface area contributed by atoms with Gasteiger partial charge in [0, 0.05) is 22.2 Å². The van der Waals surface area contributed by atoms with Crippen molar-refractivity contribution in [2.45, 2.75) is 0 Å². The van der Waals surface area contributed by atoms with E-state index in [4.69, 9.17) is 34.8 Å². The number of hydrogen-bond donors (Lipinski definition) is 1. The maximum Gasteiger partial charge on any atom is 0.356 e. The fourth-order valence-corrected chi connectivity index (χ4v) is 3.22. The van der Waals surface area contributed by atoms with Gasteiger partial charge in [-0.15, -0.1) is 0 Å². The SMILES string of the molecule is O=C(O)c1cc2nc(-c3cccc(Cl)c3)cc(-c3ccc(Cl)c(Cl)c3)n2n1. The number of benzene rings is 2. The Kier molecular flexibility index (Phi) is 4.52. The van der Waals surface area contributed by atoms with Crippen LogP contribution >= 0.6 is 34.8 Å². The van der Waals surface area contributed by atoms with Gasteiger partial charge in [-0.3, -0.25) is 0 Å². The van der Waals surface area contributed by atoms with Gasteiger partial charge >= 0.3 is 5.97 Å². The molecule has 0 bridgehead atoms. The molecule has 0 unspecified atom stereocenters. The molecule has 0 fully saturated rings. The number of carboxylic acid groups (broad SMARTS) is 1. The average molecular weight is 419 g/mol. The van der Waals surface area contributed by atoms with E-state index in [1.807, 2.05) is 12.1 Å². The third-order valence-corrected chi connectivity index (χ3v) is 4.96. The second kappa shape index (κ2) is 6.85. The number of fused-ring (bicyclic) bond motifs is 1. The minimum absolute atomic E-state index is 0.105. The van der Waals surface area contributed by atoms with Crippen LogP contribution in [0.1, 0.15) is 10.5 Å². The molecule has 0 aliphatic heterocycles. The first-order valence-corrected chi connectivity index (χ1v) is 8.91. The summed E-state index contributed by atoms with van der Waals surface area (Å²) in [4.78, 5) is 15.9. The maximum absolute atomic E-state index is 11.4. The van der Waals surface area contributed by atoms with Crippen molar-refractivity contribution < 1.29 is 9.90 Å². The van der Waals surface area contributed by atoms with Crippen LogP contribution in [-0.2, 0) is 0 Å². The molecule has 2 heterocycles. The lowest BCUT2D eigenvalue weighted by atomic mass is 10.1. The molecule has 134 valence electrons. The lowest BCUT2D eigenvalue weighted by Gasteiger charge is -2.09. The normalized spacial score (nSPS) is 11.1. The number of halogens is 3. The Bertz CT molecular complexity index is 1200. The van der Waals surface area contributed by atoms with Gasteiger partial charge in [0.2, 0.25) is 0 Å². The van der Waals surface area contributed by atoms with Gasteiger partial charge in [-0.25, -0.2) is 14.3 Å². The summed E-state index contributed by atoms with van der Waals surface area (Å²) in [5.74, 6) is -1.13. The van der Waals surface area contributed by atoms with Crippen LogP contribution in [0.2, 0.25) is 15.1 Å². The predicted octanol–water partition coefficient (Wildman–Crippen LogP) is 5.72. The highest BCUT2D eigenvalue weighted by Gasteiger charge is 2.16. The second-order valence-corrected chi connectivity index (χ2v) is 7.02. The van der Waals surface area contributed by atoms with E-state index in [0.29, 0.717) is 32.1 Å². The molecular formula is C19H10Cl3N3O2. The van der Waals surface area contributed by atoms with E-state index in [0.717, 1.165) is 11.1 Å². The molecule has 2 aromatic heterocycles. The van der Waals surface area contributed by atoms with Gasteiger partial charge in [0.1, 0.15) is 0 Å². The number of carboxylic acids is 1. The second-order valence-electron chi connectivity index (χ2n) is 5.77. The minimum Gasteiger partial charge on any atom is -0.476 e. The van der Waals surface area contributed by atoms with E-state index < -0.39 is 5.97 Å². The number of aromatic carboxylic acids is 1. The maximum atomic E-state index is 11.4. The monoisotopic (exact) mass is 417 g/mol. The average Bonchev–Trinajstić information content (AvgIpc) is 3.08. The number of carbonyl (C=O) groups is 1. The van der Waals surface area contributed by atoms with E-state index in [-0.39, 0.29) is 5.69 Å². The van der Waals surface area contributed by atoms with Crippen molar-refractivity contribution in [3.63, 3.8) is 0 Å². The third kappa shape index (κ3) is 3.37. The van der Waals surface area contributed by atoms with Gasteiger partial charge < -0.3 is 5.11 Å². The molecular weight excluding hydrogens is 409 g/mol. The topological polar surface area (TPSA) is 67.5 Å². The Labute approximate surface area is 168 Å². The zero-order valence-corrected chi connectivity index (χ0v) is 15.8. The summed E-state index contributed by atoms with van der Waals surface area (Å²) < 4.78 is 1.47. The fraction of sp³-hybridized carbons (Fsp3) is 0. The largest absolute Gasteiger partial charge is 0.476 e. The molecule has 0 aliphatic rings. The van der Waals surface area contributed by atoms with Crippen molar-refractivity contribution in [2.24, 2.45) is 0 Å². The first-order valence-electron chi connectivity index (χ1n) is 7.78. The Hall–Kier alpha value is -2.60. The van der Waals surface area contributed by atoms with Crippen LogP contribution < -0.4 is 0 Å². The first-order chi connectivity index (χ1) is 12.9. The van der Waals surface area contributed by atoms with Crippen molar-refractivity contribution >= 4 is 46.4 Å². The van der Waals surface area contributed by atoms with E-state index in [1.165, 1.54) is 10.6 Å². The van der Waals surface area contributed by atoms with Crippen LogP contribution in [0.15, 0.2) is 54.6 Å². The van der Waals surface area contributed by atoms with Crippen LogP contribution in [0.4, 0.5) is 0 Å². The van der Waals surface area contributed by atoms with E-state index >= 15 is 0 Å². The molecule has 0 amide bonds. The number of nitrogens with zero attached hydrogens (tertiary/aromatic N) is 3. The summed E-state index contributed by atoms with van der Waals surface area (Å²) in [7, 11) is 0. The molecule has 4 rings (SSSR count). The molecule has 0 saturated heterocycles. The molecule has 2 aromatic carbocycles. The highest BCUT2D eigenvalue weighted by atomic mass is 35.5. The molecule has 0 saturated carbocycles. The van der Waals surface area contributed by atoms with Crippen molar-refractivity contribution in [2.75, 3.05) is 0 Å². The number of aromatic nitrogens is 3. The van der Waals surface area contributed by atoms with Gasteiger partial charge in [-0.05, 0) is 30.3 Å². The highest BCUT2D eigenvalue weighted by Crippen LogP contribution is 2.31. The van der Waals surface area contributed by atoms with Crippen LogP contribution in [-0.4, -0.2) is 25.7 Å². The van der Waals surface area contributed by atoms with Crippen molar-refractivity contribution in [3.8, 4) is 22.5 Å². The lowest BCUT2D eigenvalue weighted by molar-refractivity contribution is 0.0690. The standard InChI is InChI=1S/C19H10Cl3N3O2/c20-12-3-1-2-10(6-12)15-8-17(11-4-5-13(21)14(22)7-11)25-18(23-15)9-16(24-25)19(26)27/h1-9H,(H,26,27). The molecule has 0 atom stereocenters. The first kappa shape index (κ1) is 17.8. The highest BCUT2D eigenvalue weighted by molar-refractivity contribution is 6.42. The zero-order chi connectivity index (χ0) is 19.1. The Morgan fingerprint density at radius 2 is 1.74 bits per heavy atom. The smallest absolute Gasteiger partial charge is 0.356 e. The lowest BCUT2D eigenvalue weighted by Crippen LogP contribution is -2.01. The molecule has 8 heteroatoms. The Balaban J connectivity index is 2.02. The van der Waals surface area contributed by atoms with Crippen molar-refractivity contribution in [3.05, 3.63) is 75.4 Å². The van der Waals surface area contributed by atoms with E-state index in [9.17, 15) is 9.90 Å². The van der Waals surface area contributed by atoms with E-state index in [2.05, 4.69) is 10.1 Å². The molecule has 27 heavy (non-hydrogen) atoms. The van der Waals surface area contributed by atoms with Crippen molar-refractivity contribution in [1.82, 2.24) is 14.6 Å². The molecule has 5 nitrogen and oxygen atoms in total. The quantitative estimate of drug-likeness (QED) is 0.462. The Morgan fingerprint density at radius 3 is 2.44 bits per heavy atom. The molecule has 0 spiro atoms. The number of rotatable bonds is 3. The molecule has 4 aromatic rings. The predicted molar refractivity (Wildman–Crippen MR) is 106 cm³/mol. The van der Waals surface area contributed by atoms with Gasteiger partial charge in [0.05, 0.1) is 21.4 Å². The summed E-state index contributed by atoms with van der Waals surface area (Å²) in [5, 5.41) is 14.8. The van der Waals surface area contributed by atoms with E-state index in [1.54, 1.807) is 36.4 Å². The third-order valence-electron chi connectivity index (χ3n) is 3.98. The molecule has 0 aliphatic carbocycles. The summed E-state index contributed by atoms with van der Waals surface area (Å²) in [5.41, 5.74) is 3.06. The van der Waals surface area contributed by atoms with Crippen LogP contribution in [0.3, 0.4) is 0 Å². The molecule has 1 N–H and O–H groups in total. The number of hydrogen-bond acceptors (Lipinski definition) is 3. The van der Waals surface area contributed by atoms with Gasteiger partial charge in [-0.2, -0.15) is 5.10 Å². The van der Waals surface area contributed by atoms with Gasteiger partial charge in [0.15, 0.2) is 11.3 Å². The Morgan fingerprint density at radius 1 is 0.926 bits per heavy atom. The minimum atomic E-state index is -1.13. The van der Waals surface area contributed by atoms with Crippen LogP contribution in [0.5, 0.6) is 0 Å². The summed E-state index contributed by atoms with van der Waals surface area (Å²) in [6.45, 7) is 0. The van der Waals surface area contributed by atoms with Crippen LogP contribution in [0, 0.1) is 0 Å². The molecule has 0 radical (unpaired) electrons. The van der Waals surface area contributed by atoms with Crippen molar-refractivity contribution in [1.29, 1.82) is 0 Å². The van der Waals surface area contributed by atoms with Gasteiger partial charge in [-0.1, -0.05) is 53.0 Å². The summed E-state index contributed by atoms with van der Waals surface area (Å²) in [6, 6.07) is 15.6. The zero-order valence-electron chi connectivity index (χ0n) is 13.5. The van der Waals surface area contributed by atoms with Gasteiger partial charge in [0.25, 0.3) is 0 Å². The summed E-state index contributed by atoms with van der Waals surface area (Å²) in [6.07, 6.45) is 0. The summed E-state index contributed by atoms with van der Waals surface area (Å²) >= 11 is 18.3.